The van der Waals surface area contributed by atoms with Crippen LogP contribution >= 0.6 is 11.8 Å². The van der Waals surface area contributed by atoms with Crippen LogP contribution in [0.2, 0.25) is 0 Å². The number of rotatable bonds is 7. The van der Waals surface area contributed by atoms with E-state index >= 15 is 0 Å². The van der Waals surface area contributed by atoms with Gasteiger partial charge in [0.25, 0.3) is 5.91 Å². The predicted octanol–water partition coefficient (Wildman–Crippen LogP) is 5.40. The van der Waals surface area contributed by atoms with Crippen molar-refractivity contribution in [1.82, 2.24) is 4.90 Å². The molecule has 0 atom stereocenters. The number of benzene rings is 3. The highest BCUT2D eigenvalue weighted by Crippen LogP contribution is 2.36. The zero-order valence-electron chi connectivity index (χ0n) is 18.0. The summed E-state index contributed by atoms with van der Waals surface area (Å²) in [6.07, 6.45) is 1.81. The molecule has 0 aliphatic carbocycles. The lowest BCUT2D eigenvalue weighted by molar-refractivity contribution is -0.122. The molecule has 0 N–H and O–H groups in total. The monoisotopic (exact) mass is 455 g/mol. The summed E-state index contributed by atoms with van der Waals surface area (Å²) in [4.78, 5) is 20.3. The maximum atomic E-state index is 13.3. The Morgan fingerprint density at radius 2 is 1.76 bits per heavy atom. The molecule has 7 heteroatoms. The van der Waals surface area contributed by atoms with Crippen molar-refractivity contribution in [3.8, 4) is 17.6 Å². The van der Waals surface area contributed by atoms with Crippen LogP contribution < -0.4 is 9.47 Å². The fourth-order valence-electron chi connectivity index (χ4n) is 3.26. The Kier molecular flexibility index (Phi) is 7.08. The van der Waals surface area contributed by atoms with E-state index in [1.54, 1.807) is 17.0 Å². The number of hydrogen-bond acceptors (Lipinski definition) is 6. The Hall–Kier alpha value is -4.02. The lowest BCUT2D eigenvalue weighted by Gasteiger charge is -2.15. The molecule has 1 aliphatic rings. The van der Waals surface area contributed by atoms with Gasteiger partial charge in [-0.05, 0) is 53.2 Å². The maximum absolute atomic E-state index is 13.3. The van der Waals surface area contributed by atoms with Gasteiger partial charge < -0.3 is 9.47 Å². The van der Waals surface area contributed by atoms with E-state index < -0.39 is 0 Å². The number of carbonyl (C=O) groups excluding carboxylic acids is 1. The van der Waals surface area contributed by atoms with Crippen LogP contribution in [0, 0.1) is 11.3 Å². The summed E-state index contributed by atoms with van der Waals surface area (Å²) >= 11 is 1.34. The highest BCUT2D eigenvalue weighted by atomic mass is 32.2. The molecule has 33 heavy (non-hydrogen) atoms. The Morgan fingerprint density at radius 1 is 1.03 bits per heavy atom. The largest absolute Gasteiger partial charge is 0.493 e. The molecule has 0 bridgehead atoms. The summed E-state index contributed by atoms with van der Waals surface area (Å²) in [7, 11) is 1.53. The van der Waals surface area contributed by atoms with Gasteiger partial charge in [-0.1, -0.05) is 54.6 Å². The summed E-state index contributed by atoms with van der Waals surface area (Å²) in [5, 5.41) is 9.37. The number of amides is 1. The van der Waals surface area contributed by atoms with Gasteiger partial charge >= 0.3 is 0 Å². The first-order chi connectivity index (χ1) is 16.2. The lowest BCUT2D eigenvalue weighted by Crippen LogP contribution is -2.28. The van der Waals surface area contributed by atoms with E-state index in [4.69, 9.17) is 19.7 Å². The highest BCUT2D eigenvalue weighted by Gasteiger charge is 2.33. The molecular formula is C26H21N3O3S. The van der Waals surface area contributed by atoms with Gasteiger partial charge in [0.15, 0.2) is 23.3 Å². The summed E-state index contributed by atoms with van der Waals surface area (Å²) in [6.45, 7) is 0.360. The smallest absolute Gasteiger partial charge is 0.267 e. The topological polar surface area (TPSA) is 74.9 Å². The Bertz CT molecular complexity index is 1230. The zero-order chi connectivity index (χ0) is 23.0. The van der Waals surface area contributed by atoms with Crippen molar-refractivity contribution in [3.05, 3.63) is 94.9 Å². The van der Waals surface area contributed by atoms with Crippen LogP contribution in [0.4, 0.5) is 5.69 Å². The summed E-state index contributed by atoms with van der Waals surface area (Å²) in [5.41, 5.74) is 2.59. The van der Waals surface area contributed by atoms with E-state index in [0.29, 0.717) is 28.1 Å². The van der Waals surface area contributed by atoms with Crippen LogP contribution in [0.5, 0.6) is 11.5 Å². The molecule has 3 aromatic rings. The Balaban J connectivity index is 1.66. The van der Waals surface area contributed by atoms with E-state index in [1.165, 1.54) is 18.9 Å². The third-order valence-electron chi connectivity index (χ3n) is 4.83. The number of amidine groups is 1. The first-order valence-electron chi connectivity index (χ1n) is 10.2. The molecule has 6 nitrogen and oxygen atoms in total. The van der Waals surface area contributed by atoms with Crippen molar-refractivity contribution in [2.75, 3.05) is 13.7 Å². The molecule has 3 aromatic carbocycles. The molecule has 4 rings (SSSR count). The van der Waals surface area contributed by atoms with Crippen LogP contribution in [0.25, 0.3) is 6.08 Å². The molecule has 0 spiro atoms. The number of methoxy groups -OCH3 is 1. The van der Waals surface area contributed by atoms with Crippen LogP contribution in [0.1, 0.15) is 11.1 Å². The van der Waals surface area contributed by atoms with E-state index in [-0.39, 0.29) is 12.5 Å². The average Bonchev–Trinajstić information content (AvgIpc) is 3.13. The van der Waals surface area contributed by atoms with Crippen molar-refractivity contribution in [2.24, 2.45) is 4.99 Å². The minimum atomic E-state index is -0.109. The van der Waals surface area contributed by atoms with Gasteiger partial charge in [-0.2, -0.15) is 5.26 Å². The SMILES string of the molecule is COc1cc(/C=C2/SC(=Nc3ccccc3)N(Cc3ccccc3)C2=O)ccc1OCC#N. The molecule has 1 saturated heterocycles. The predicted molar refractivity (Wildman–Crippen MR) is 130 cm³/mol. The van der Waals surface area contributed by atoms with Gasteiger partial charge in [-0.25, -0.2) is 4.99 Å². The number of thioether (sulfide) groups is 1. The molecule has 1 aliphatic heterocycles. The summed E-state index contributed by atoms with van der Waals surface area (Å²) < 4.78 is 10.8. The van der Waals surface area contributed by atoms with E-state index in [9.17, 15) is 4.79 Å². The van der Waals surface area contributed by atoms with Gasteiger partial charge in [-0.15, -0.1) is 0 Å². The quantitative estimate of drug-likeness (QED) is 0.446. The minimum Gasteiger partial charge on any atom is -0.493 e. The third-order valence-corrected chi connectivity index (χ3v) is 5.84. The highest BCUT2D eigenvalue weighted by molar-refractivity contribution is 8.18. The summed E-state index contributed by atoms with van der Waals surface area (Å²) in [5.74, 6) is 0.861. The number of hydrogen-bond donors (Lipinski definition) is 0. The molecule has 164 valence electrons. The van der Waals surface area contributed by atoms with Crippen LogP contribution in [0.3, 0.4) is 0 Å². The van der Waals surface area contributed by atoms with Crippen LogP contribution in [-0.4, -0.2) is 29.7 Å². The maximum Gasteiger partial charge on any atom is 0.267 e. The first-order valence-corrected chi connectivity index (χ1v) is 11.1. The minimum absolute atomic E-state index is 0.0705. The van der Waals surface area contributed by atoms with Gasteiger partial charge in [0.2, 0.25) is 0 Å². The van der Waals surface area contributed by atoms with Crippen molar-refractivity contribution in [2.45, 2.75) is 6.54 Å². The first kappa shape index (κ1) is 22.2. The van der Waals surface area contributed by atoms with E-state index in [0.717, 1.165) is 16.8 Å². The normalized spacial score (nSPS) is 15.6. The van der Waals surface area contributed by atoms with E-state index in [2.05, 4.69) is 0 Å². The van der Waals surface area contributed by atoms with Gasteiger partial charge in [0.05, 0.1) is 24.2 Å². The standard InChI is InChI=1S/C26H21N3O3S/c1-31-23-16-20(12-13-22(23)32-15-14-27)17-24-25(30)29(18-19-8-4-2-5-9-19)26(33-24)28-21-10-6-3-7-11-21/h2-13,16-17H,15,18H2,1H3/b24-17+,28-26?. The van der Waals surface area contributed by atoms with Gasteiger partial charge in [0, 0.05) is 0 Å². The molecule has 1 heterocycles. The molecule has 1 fully saturated rings. The van der Waals surface area contributed by atoms with Crippen molar-refractivity contribution < 1.29 is 14.3 Å². The number of carbonyl (C=O) groups is 1. The molecule has 0 aromatic heterocycles. The second-order valence-electron chi connectivity index (χ2n) is 7.07. The van der Waals surface area contributed by atoms with Gasteiger partial charge in [0.1, 0.15) is 6.07 Å². The van der Waals surface area contributed by atoms with Crippen LogP contribution in [0.15, 0.2) is 88.8 Å². The van der Waals surface area contributed by atoms with Crippen molar-refractivity contribution >= 4 is 34.6 Å². The Labute approximate surface area is 196 Å². The fourth-order valence-corrected chi connectivity index (χ4v) is 4.26. The molecule has 0 saturated carbocycles. The zero-order valence-corrected chi connectivity index (χ0v) is 18.8. The van der Waals surface area contributed by atoms with Crippen LogP contribution in [-0.2, 0) is 11.3 Å². The lowest BCUT2D eigenvalue weighted by atomic mass is 10.1. The summed E-state index contributed by atoms with van der Waals surface area (Å²) in [6, 6.07) is 26.7. The van der Waals surface area contributed by atoms with Crippen molar-refractivity contribution in [1.29, 1.82) is 5.26 Å². The second-order valence-corrected chi connectivity index (χ2v) is 8.08. The number of aliphatic imine (C=N–C) groups is 1. The number of nitrogens with zero attached hydrogens (tertiary/aromatic N) is 3. The molecule has 0 radical (unpaired) electrons. The second kappa shape index (κ2) is 10.5. The van der Waals surface area contributed by atoms with E-state index in [1.807, 2.05) is 78.9 Å². The van der Waals surface area contributed by atoms with Gasteiger partial charge in [-0.3, -0.25) is 9.69 Å². The molecule has 1 amide bonds. The fraction of sp³-hybridized carbons (Fsp3) is 0.115. The average molecular weight is 456 g/mol. The number of para-hydroxylation sites is 1. The Morgan fingerprint density at radius 3 is 2.45 bits per heavy atom. The molecular weight excluding hydrogens is 434 g/mol. The molecule has 0 unspecified atom stereocenters. The third kappa shape index (κ3) is 5.43. The van der Waals surface area contributed by atoms with Crippen molar-refractivity contribution in [3.63, 3.8) is 0 Å². The number of nitriles is 1. The number of ether oxygens (including phenoxy) is 2.